The molecule has 3 aromatic rings. The highest BCUT2D eigenvalue weighted by Gasteiger charge is 2.20. The van der Waals surface area contributed by atoms with Crippen LogP contribution in [-0.4, -0.2) is 34.9 Å². The zero-order chi connectivity index (χ0) is 26.5. The molecule has 0 spiro atoms. The molecule has 0 saturated carbocycles. The van der Waals surface area contributed by atoms with E-state index < -0.39 is 0 Å². The Hall–Kier alpha value is -3.66. The van der Waals surface area contributed by atoms with Crippen molar-refractivity contribution in [1.82, 2.24) is 20.6 Å². The summed E-state index contributed by atoms with van der Waals surface area (Å²) >= 11 is 0. The minimum absolute atomic E-state index is 0.0564. The highest BCUT2D eigenvalue weighted by atomic mass is 15.0. The lowest BCUT2D eigenvalue weighted by molar-refractivity contribution is 0.590. The SMILES string of the molecule is CC(C)(C)c1cccc(-c2cc(-c3cnc([C@@H]4CCCN4)[nH]3)ccc2C#C/C=C/N=C(N)C2CCCN2)c1. The Morgan fingerprint density at radius 3 is 2.66 bits per heavy atom. The van der Waals surface area contributed by atoms with Gasteiger partial charge in [0.15, 0.2) is 0 Å². The molecule has 2 fully saturated rings. The van der Waals surface area contributed by atoms with Crippen LogP contribution in [0.4, 0.5) is 0 Å². The number of allylic oxidation sites excluding steroid dienone is 1. The van der Waals surface area contributed by atoms with Gasteiger partial charge in [-0.15, -0.1) is 0 Å². The summed E-state index contributed by atoms with van der Waals surface area (Å²) in [6, 6.07) is 15.7. The van der Waals surface area contributed by atoms with E-state index in [2.05, 4.69) is 101 Å². The molecule has 1 aromatic heterocycles. The van der Waals surface area contributed by atoms with Gasteiger partial charge in [-0.2, -0.15) is 0 Å². The second-order valence-electron chi connectivity index (χ2n) is 11.2. The lowest BCUT2D eigenvalue weighted by atomic mass is 9.85. The molecular formula is C32H38N6. The van der Waals surface area contributed by atoms with Gasteiger partial charge in [0.2, 0.25) is 0 Å². The summed E-state index contributed by atoms with van der Waals surface area (Å²) in [5.41, 5.74) is 12.8. The van der Waals surface area contributed by atoms with Crippen molar-refractivity contribution in [2.45, 2.75) is 64.0 Å². The number of nitrogens with zero attached hydrogens (tertiary/aromatic N) is 2. The number of nitrogens with one attached hydrogen (secondary N) is 3. The van der Waals surface area contributed by atoms with Gasteiger partial charge in [0.1, 0.15) is 11.7 Å². The van der Waals surface area contributed by atoms with Crippen LogP contribution in [0.5, 0.6) is 0 Å². The molecule has 38 heavy (non-hydrogen) atoms. The third kappa shape index (κ3) is 6.07. The van der Waals surface area contributed by atoms with Gasteiger partial charge in [0, 0.05) is 23.4 Å². The fourth-order valence-corrected chi connectivity index (χ4v) is 5.10. The quantitative estimate of drug-likeness (QED) is 0.211. The Morgan fingerprint density at radius 1 is 1.05 bits per heavy atom. The van der Waals surface area contributed by atoms with Crippen LogP contribution >= 0.6 is 0 Å². The first-order valence-corrected chi connectivity index (χ1v) is 13.7. The number of aliphatic imine (C=N–C) groups is 1. The van der Waals surface area contributed by atoms with Crippen LogP contribution in [0.15, 0.2) is 65.9 Å². The number of aromatic amines is 1. The Morgan fingerprint density at radius 2 is 1.89 bits per heavy atom. The van der Waals surface area contributed by atoms with E-state index in [0.29, 0.717) is 11.9 Å². The minimum atomic E-state index is 0.0564. The predicted molar refractivity (Wildman–Crippen MR) is 157 cm³/mol. The average molecular weight is 507 g/mol. The van der Waals surface area contributed by atoms with Crippen molar-refractivity contribution in [2.24, 2.45) is 10.7 Å². The van der Waals surface area contributed by atoms with Gasteiger partial charge < -0.3 is 21.4 Å². The number of hydrogen-bond acceptors (Lipinski definition) is 4. The summed E-state index contributed by atoms with van der Waals surface area (Å²) in [6.07, 6.45) is 9.87. The normalized spacial score (nSPS) is 20.1. The molecule has 0 bridgehead atoms. The van der Waals surface area contributed by atoms with Gasteiger partial charge >= 0.3 is 0 Å². The number of H-pyrrole nitrogens is 1. The Balaban J connectivity index is 1.47. The summed E-state index contributed by atoms with van der Waals surface area (Å²) in [4.78, 5) is 12.6. The number of imidazole rings is 1. The molecule has 5 N–H and O–H groups in total. The number of benzene rings is 2. The molecule has 1 unspecified atom stereocenters. The molecule has 0 aliphatic carbocycles. The number of hydrogen-bond donors (Lipinski definition) is 4. The van der Waals surface area contributed by atoms with E-state index in [1.54, 1.807) is 12.3 Å². The predicted octanol–water partition coefficient (Wildman–Crippen LogP) is 5.44. The van der Waals surface area contributed by atoms with Crippen molar-refractivity contribution in [2.75, 3.05) is 13.1 Å². The topological polar surface area (TPSA) is 91.1 Å². The molecule has 5 rings (SSSR count). The van der Waals surface area contributed by atoms with E-state index in [1.807, 2.05) is 6.20 Å². The molecule has 2 atom stereocenters. The van der Waals surface area contributed by atoms with E-state index in [1.165, 1.54) is 12.0 Å². The summed E-state index contributed by atoms with van der Waals surface area (Å²) in [6.45, 7) is 8.77. The lowest BCUT2D eigenvalue weighted by Crippen LogP contribution is -2.36. The fraction of sp³-hybridized carbons (Fsp3) is 0.375. The molecule has 2 aliphatic rings. The third-order valence-electron chi connectivity index (χ3n) is 7.36. The maximum Gasteiger partial charge on any atom is 0.123 e. The van der Waals surface area contributed by atoms with Gasteiger partial charge in [0.25, 0.3) is 0 Å². The molecule has 2 aliphatic heterocycles. The minimum Gasteiger partial charge on any atom is -0.386 e. The molecule has 6 nitrogen and oxygen atoms in total. The Labute approximate surface area is 226 Å². The van der Waals surface area contributed by atoms with Crippen molar-refractivity contribution in [1.29, 1.82) is 0 Å². The van der Waals surface area contributed by atoms with Crippen LogP contribution in [0, 0.1) is 11.8 Å². The van der Waals surface area contributed by atoms with Gasteiger partial charge in [-0.1, -0.05) is 62.9 Å². The zero-order valence-electron chi connectivity index (χ0n) is 22.6. The van der Waals surface area contributed by atoms with E-state index in [0.717, 1.165) is 66.1 Å². The van der Waals surface area contributed by atoms with E-state index in [-0.39, 0.29) is 11.5 Å². The zero-order valence-corrected chi connectivity index (χ0v) is 22.6. The van der Waals surface area contributed by atoms with Crippen molar-refractivity contribution in [3.8, 4) is 34.2 Å². The van der Waals surface area contributed by atoms with E-state index in [4.69, 9.17) is 5.73 Å². The summed E-state index contributed by atoms with van der Waals surface area (Å²) in [7, 11) is 0. The number of nitrogens with two attached hydrogens (primary N) is 1. The van der Waals surface area contributed by atoms with Crippen LogP contribution in [-0.2, 0) is 5.41 Å². The largest absolute Gasteiger partial charge is 0.386 e. The molecule has 6 heteroatoms. The summed E-state index contributed by atoms with van der Waals surface area (Å²) < 4.78 is 0. The highest BCUT2D eigenvalue weighted by Crippen LogP contribution is 2.33. The maximum absolute atomic E-state index is 6.11. The fourth-order valence-electron chi connectivity index (χ4n) is 5.10. The Bertz CT molecular complexity index is 1380. The lowest BCUT2D eigenvalue weighted by Gasteiger charge is -2.20. The summed E-state index contributed by atoms with van der Waals surface area (Å²) in [5, 5.41) is 6.89. The maximum atomic E-state index is 6.11. The van der Waals surface area contributed by atoms with Crippen LogP contribution in [0.25, 0.3) is 22.4 Å². The van der Waals surface area contributed by atoms with Crippen LogP contribution in [0.3, 0.4) is 0 Å². The molecule has 3 heterocycles. The van der Waals surface area contributed by atoms with E-state index >= 15 is 0 Å². The van der Waals surface area contributed by atoms with E-state index in [9.17, 15) is 0 Å². The molecule has 196 valence electrons. The van der Waals surface area contributed by atoms with Gasteiger partial charge in [0.05, 0.1) is 24.0 Å². The van der Waals surface area contributed by atoms with Crippen molar-refractivity contribution in [3.05, 3.63) is 77.9 Å². The molecule has 0 amide bonds. The third-order valence-corrected chi connectivity index (χ3v) is 7.36. The second kappa shape index (κ2) is 11.4. The Kier molecular flexibility index (Phi) is 7.78. The average Bonchev–Trinajstić information content (AvgIpc) is 3.70. The highest BCUT2D eigenvalue weighted by molar-refractivity contribution is 5.86. The molecule has 2 saturated heterocycles. The molecule has 0 radical (unpaired) electrons. The first-order valence-electron chi connectivity index (χ1n) is 13.7. The van der Waals surface area contributed by atoms with Crippen molar-refractivity contribution < 1.29 is 0 Å². The van der Waals surface area contributed by atoms with Gasteiger partial charge in [-0.3, -0.25) is 0 Å². The summed E-state index contributed by atoms with van der Waals surface area (Å²) in [5.74, 6) is 8.14. The monoisotopic (exact) mass is 506 g/mol. The van der Waals surface area contributed by atoms with Crippen LogP contribution in [0.1, 0.15) is 69.4 Å². The van der Waals surface area contributed by atoms with Crippen LogP contribution < -0.4 is 16.4 Å². The number of amidine groups is 1. The molecular weight excluding hydrogens is 468 g/mol. The standard InChI is InChI=1S/C32H38N6/c1-32(2,3)25-11-6-10-23(19-25)26-20-24(29-21-37-31(38-29)28-13-8-18-35-28)15-14-22(26)9-4-5-16-36-30(33)27-12-7-17-34-27/h5-6,10-11,14-16,19-21,27-28,34-35H,7-8,12-13,17-18H2,1-3H3,(H2,33,36)(H,37,38)/b16-5+/t27?,28-/m0/s1. The van der Waals surface area contributed by atoms with Crippen LogP contribution in [0.2, 0.25) is 0 Å². The molecule has 2 aromatic carbocycles. The van der Waals surface area contributed by atoms with Gasteiger partial charge in [-0.25, -0.2) is 9.98 Å². The van der Waals surface area contributed by atoms with Gasteiger partial charge in [-0.05, 0) is 73.0 Å². The smallest absolute Gasteiger partial charge is 0.123 e. The second-order valence-corrected chi connectivity index (χ2v) is 11.2. The number of aromatic nitrogens is 2. The first-order chi connectivity index (χ1) is 18.4. The van der Waals surface area contributed by atoms with Crippen molar-refractivity contribution >= 4 is 5.84 Å². The first kappa shape index (κ1) is 26.0. The van der Waals surface area contributed by atoms with Crippen molar-refractivity contribution in [3.63, 3.8) is 0 Å². The number of rotatable bonds is 5.